The summed E-state index contributed by atoms with van der Waals surface area (Å²) in [4.78, 5) is 0. The third kappa shape index (κ3) is 5.87. The van der Waals surface area contributed by atoms with Crippen LogP contribution in [0.5, 0.6) is 0 Å². The molecule has 0 saturated carbocycles. The highest BCUT2D eigenvalue weighted by molar-refractivity contribution is 8.00. The van der Waals surface area contributed by atoms with Gasteiger partial charge >= 0.3 is 0 Å². The number of hydrogen-bond acceptors (Lipinski definition) is 1. The molecule has 37 heavy (non-hydrogen) atoms. The molecule has 0 amide bonds. The number of hydrogen-bond donors (Lipinski definition) is 0. The molecule has 0 atom stereocenters. The Morgan fingerprint density at radius 2 is 1.00 bits per heavy atom. The molecule has 0 aliphatic heterocycles. The summed E-state index contributed by atoms with van der Waals surface area (Å²) >= 11 is 6.13. The minimum atomic E-state index is -2.30. The fraction of sp³-hybridized carbons (Fsp3) is 0.0303. The lowest BCUT2D eigenvalue weighted by atomic mass is 10.2. The van der Waals surface area contributed by atoms with Crippen LogP contribution in [0.3, 0.4) is 0 Å². The third-order valence-electron chi connectivity index (χ3n) is 6.40. The zero-order chi connectivity index (χ0) is 25.5. The van der Waals surface area contributed by atoms with E-state index in [1.807, 2.05) is 30.1 Å². The predicted molar refractivity (Wildman–Crippen MR) is 162 cm³/mol. The van der Waals surface area contributed by atoms with E-state index in [-0.39, 0.29) is 5.76 Å². The van der Waals surface area contributed by atoms with Crippen LogP contribution < -0.4 is 26.3 Å². The largest absolute Gasteiger partial charge is 0.870 e. The van der Waals surface area contributed by atoms with Gasteiger partial charge in [0.15, 0.2) is 0 Å². The molecular formula is C33H27ClOP2. The summed E-state index contributed by atoms with van der Waals surface area (Å²) in [5.74, 6) is 2.94. The van der Waals surface area contributed by atoms with Gasteiger partial charge in [0.05, 0.1) is 11.7 Å². The molecular weight excluding hydrogens is 510 g/mol. The molecule has 0 heterocycles. The molecule has 0 N–H and O–H groups in total. The molecule has 182 valence electrons. The maximum absolute atomic E-state index is 13.9. The van der Waals surface area contributed by atoms with Crippen LogP contribution >= 0.6 is 26.8 Å². The monoisotopic (exact) mass is 536 g/mol. The van der Waals surface area contributed by atoms with Gasteiger partial charge in [0.25, 0.3) is 0 Å². The van der Waals surface area contributed by atoms with E-state index < -0.39 is 15.2 Å². The lowest BCUT2D eigenvalue weighted by Crippen LogP contribution is -2.27. The first-order valence-corrected chi connectivity index (χ1v) is 16.1. The molecule has 1 nitrogen and oxygen atoms in total. The Morgan fingerprint density at radius 1 is 0.595 bits per heavy atom. The summed E-state index contributed by atoms with van der Waals surface area (Å²) < 4.78 is 0. The Bertz CT molecular complexity index is 1360. The molecule has 5 aromatic carbocycles. The zero-order valence-electron chi connectivity index (χ0n) is 20.3. The van der Waals surface area contributed by atoms with E-state index >= 15 is 0 Å². The van der Waals surface area contributed by atoms with Crippen LogP contribution in [0, 0.1) is 0 Å². The average Bonchev–Trinajstić information content (AvgIpc) is 2.97. The van der Waals surface area contributed by atoms with Crippen molar-refractivity contribution < 1.29 is 5.11 Å². The fourth-order valence-corrected chi connectivity index (χ4v) is 13.3. The highest BCUT2D eigenvalue weighted by Gasteiger charge is 2.43. The summed E-state index contributed by atoms with van der Waals surface area (Å²) in [6.07, 6.45) is 0. The zero-order valence-corrected chi connectivity index (χ0v) is 22.9. The maximum atomic E-state index is 13.9. The van der Waals surface area contributed by atoms with Crippen LogP contribution in [0.15, 0.2) is 151 Å². The van der Waals surface area contributed by atoms with Gasteiger partial charge in [0, 0.05) is 5.02 Å². The van der Waals surface area contributed by atoms with Crippen molar-refractivity contribution in [1.29, 1.82) is 0 Å². The molecule has 4 heteroatoms. The van der Waals surface area contributed by atoms with E-state index in [0.29, 0.717) is 10.6 Å². The van der Waals surface area contributed by atoms with Gasteiger partial charge in [-0.25, -0.2) is 0 Å². The molecule has 0 radical (unpaired) electrons. The van der Waals surface area contributed by atoms with Crippen LogP contribution in [0.1, 0.15) is 5.56 Å². The second-order valence-corrected chi connectivity index (χ2v) is 15.3. The van der Waals surface area contributed by atoms with E-state index in [1.165, 1.54) is 21.2 Å². The number of benzene rings is 5. The lowest BCUT2D eigenvalue weighted by molar-refractivity contribution is -0.243. The summed E-state index contributed by atoms with van der Waals surface area (Å²) in [6, 6.07) is 49.9. The van der Waals surface area contributed by atoms with Gasteiger partial charge in [-0.05, 0) is 60.5 Å². The Hall–Kier alpha value is -3.21. The summed E-state index contributed by atoms with van der Waals surface area (Å²) in [7, 11) is -3.05. The topological polar surface area (TPSA) is 23.1 Å². The standard InChI is InChI=1S/C33H27ClOP2/c34-28-23-21-27(22-24-28)33(35)25-37(31-17-9-3-10-18-31,32-19-11-4-12-20-32)26-36(29-13-5-1-6-14-29)30-15-7-2-8-16-30/h1-25H,26H2/b33-25-. The number of rotatable bonds is 8. The van der Waals surface area contributed by atoms with Gasteiger partial charge in [-0.1, -0.05) is 127 Å². The van der Waals surface area contributed by atoms with Crippen LogP contribution in [0.25, 0.3) is 5.76 Å². The van der Waals surface area contributed by atoms with Gasteiger partial charge < -0.3 is 5.11 Å². The van der Waals surface area contributed by atoms with Crippen LogP contribution in [0.2, 0.25) is 5.02 Å². The summed E-state index contributed by atoms with van der Waals surface area (Å²) in [5.41, 5.74) is 0.657. The molecule has 5 aromatic rings. The maximum Gasteiger partial charge on any atom is 0.108 e. The van der Waals surface area contributed by atoms with Gasteiger partial charge in [-0.15, -0.1) is 0 Å². The molecule has 5 rings (SSSR count). The van der Waals surface area contributed by atoms with Gasteiger partial charge in [-0.3, -0.25) is 0 Å². The third-order valence-corrected chi connectivity index (χ3v) is 14.5. The van der Waals surface area contributed by atoms with Crippen molar-refractivity contribution in [3.63, 3.8) is 0 Å². The predicted octanol–water partition coefficient (Wildman–Crippen LogP) is 6.76. The van der Waals surface area contributed by atoms with Crippen molar-refractivity contribution in [3.05, 3.63) is 162 Å². The van der Waals surface area contributed by atoms with Crippen molar-refractivity contribution in [1.82, 2.24) is 0 Å². The first kappa shape index (κ1) is 25.4. The van der Waals surface area contributed by atoms with Crippen molar-refractivity contribution in [2.75, 3.05) is 5.90 Å². The van der Waals surface area contributed by atoms with Crippen LogP contribution in [-0.4, -0.2) is 5.90 Å². The quantitative estimate of drug-likeness (QED) is 0.159. The first-order chi connectivity index (χ1) is 18.2. The average molecular weight is 537 g/mol. The SMILES string of the molecule is [O-]/C(=C\[P+](CP(c1ccccc1)c1ccccc1)(c1ccccc1)c1ccccc1)c1ccc(Cl)cc1. The molecule has 0 bridgehead atoms. The van der Waals surface area contributed by atoms with Crippen LogP contribution in [-0.2, 0) is 0 Å². The molecule has 0 unspecified atom stereocenters. The first-order valence-electron chi connectivity index (χ1n) is 12.2. The molecule has 0 spiro atoms. The molecule has 0 fully saturated rings. The Kier molecular flexibility index (Phi) is 8.18. The van der Waals surface area contributed by atoms with E-state index in [2.05, 4.69) is 109 Å². The highest BCUT2D eigenvalue weighted by Crippen LogP contribution is 2.65. The minimum Gasteiger partial charge on any atom is -0.870 e. The highest BCUT2D eigenvalue weighted by atomic mass is 35.5. The molecule has 0 aliphatic rings. The fourth-order valence-electron chi connectivity index (χ4n) is 4.53. The van der Waals surface area contributed by atoms with Gasteiger partial charge in [0.1, 0.15) is 17.9 Å². The van der Waals surface area contributed by atoms with Gasteiger partial charge in [0.2, 0.25) is 0 Å². The Morgan fingerprint density at radius 3 is 1.43 bits per heavy atom. The van der Waals surface area contributed by atoms with E-state index in [4.69, 9.17) is 11.6 Å². The Labute approximate surface area is 226 Å². The molecule has 0 saturated heterocycles. The van der Waals surface area contributed by atoms with Gasteiger partial charge in [-0.2, -0.15) is 0 Å². The van der Waals surface area contributed by atoms with Crippen molar-refractivity contribution >= 4 is 53.8 Å². The summed E-state index contributed by atoms with van der Waals surface area (Å²) in [6.45, 7) is 0. The number of halogens is 1. The summed E-state index contributed by atoms with van der Waals surface area (Å²) in [5, 5.41) is 19.6. The van der Waals surface area contributed by atoms with E-state index in [1.54, 1.807) is 12.1 Å². The van der Waals surface area contributed by atoms with Crippen molar-refractivity contribution in [2.24, 2.45) is 0 Å². The van der Waals surface area contributed by atoms with Crippen molar-refractivity contribution in [2.45, 2.75) is 0 Å². The minimum absolute atomic E-state index is 0.0359. The molecule has 0 aromatic heterocycles. The second kappa shape index (κ2) is 11.9. The lowest BCUT2D eigenvalue weighted by Gasteiger charge is -2.31. The normalized spacial score (nSPS) is 12.0. The smallest absolute Gasteiger partial charge is 0.108 e. The van der Waals surface area contributed by atoms with E-state index in [0.717, 1.165) is 5.90 Å². The van der Waals surface area contributed by atoms with E-state index in [9.17, 15) is 5.11 Å². The van der Waals surface area contributed by atoms with Crippen molar-refractivity contribution in [3.8, 4) is 0 Å². The molecule has 0 aliphatic carbocycles. The second-order valence-electron chi connectivity index (χ2n) is 8.78. The Balaban J connectivity index is 1.76. The van der Waals surface area contributed by atoms with Crippen LogP contribution in [0.4, 0.5) is 0 Å².